The van der Waals surface area contributed by atoms with Crippen molar-refractivity contribution in [1.82, 2.24) is 4.57 Å². The molecule has 18 rings (SSSR count). The highest BCUT2D eigenvalue weighted by molar-refractivity contribution is 7.00. The van der Waals surface area contributed by atoms with E-state index in [4.69, 9.17) is 4.42 Å². The molecule has 0 atom stereocenters. The van der Waals surface area contributed by atoms with Gasteiger partial charge in [-0.1, -0.05) is 304 Å². The molecular weight excluding hydrogens is 1320 g/mol. The summed E-state index contributed by atoms with van der Waals surface area (Å²) in [5.74, 6) is 0. The number of rotatable bonds is 9. The first-order chi connectivity index (χ1) is 52.2. The highest BCUT2D eigenvalue weighted by Gasteiger charge is 2.45. The van der Waals surface area contributed by atoms with Gasteiger partial charge in [-0.25, -0.2) is 0 Å². The minimum Gasteiger partial charge on any atom is -0.456 e. The number of aromatic nitrogens is 1. The van der Waals surface area contributed by atoms with Crippen LogP contribution in [0.15, 0.2) is 302 Å². The number of para-hydroxylation sites is 3. The quantitative estimate of drug-likeness (QED) is 0.135. The van der Waals surface area contributed by atoms with Crippen molar-refractivity contribution in [3.63, 3.8) is 0 Å². The van der Waals surface area contributed by atoms with Gasteiger partial charge < -0.3 is 18.8 Å². The van der Waals surface area contributed by atoms with Crippen molar-refractivity contribution in [2.24, 2.45) is 0 Å². The van der Waals surface area contributed by atoms with Crippen LogP contribution in [-0.2, 0) is 27.1 Å². The van der Waals surface area contributed by atoms with Gasteiger partial charge in [0.2, 0.25) is 0 Å². The van der Waals surface area contributed by atoms with Crippen molar-refractivity contribution < 1.29 is 4.42 Å². The van der Waals surface area contributed by atoms with Gasteiger partial charge in [-0.15, -0.1) is 0 Å². The summed E-state index contributed by atoms with van der Waals surface area (Å²) < 4.78 is 8.98. The van der Waals surface area contributed by atoms with E-state index in [0.29, 0.717) is 0 Å². The lowest BCUT2D eigenvalue weighted by atomic mass is 9.33. The van der Waals surface area contributed by atoms with Gasteiger partial charge in [0, 0.05) is 66.8 Å². The molecule has 0 saturated carbocycles. The average Bonchev–Trinajstić information content (AvgIpc) is 1.26. The summed E-state index contributed by atoms with van der Waals surface area (Å²) in [6.07, 6.45) is 0. The van der Waals surface area contributed by atoms with Crippen molar-refractivity contribution in [3.8, 4) is 72.4 Å². The van der Waals surface area contributed by atoms with Crippen molar-refractivity contribution in [2.45, 2.75) is 131 Å². The van der Waals surface area contributed by atoms with Crippen molar-refractivity contribution in [1.29, 1.82) is 0 Å². The number of fused-ring (bicyclic) bond motifs is 10. The Balaban J connectivity index is 0.983. The second-order valence-electron chi connectivity index (χ2n) is 35.9. The van der Waals surface area contributed by atoms with Gasteiger partial charge >= 0.3 is 0 Å². The standard InChI is InChI=1S/C104H94BN3O/c1-100(2,3)75-51-72(52-76(61-75)101(4,5)6)65-39-45-81(46-40-65)107-92-58-71(73-53-77(102(7,8)9)62-78(54-73)103(10,11)12)42-48-88(92)105-89-47-41-70(68-44-50-97-87(56-68)83-36-26-28-38-96(83)109-97)57-93(89)108(99-84(66-29-19-16-20-30-66)63-79(104(13,14)15)64-85(99)67-31-21-17-22-32-67)95-60-74(59-94(107)98(95)105)69-43-49-91-86(55-69)82-35-25-27-37-90(82)106(91)80-33-23-18-24-34-80/h16-64H,1-15H3. The molecule has 2 aromatic heterocycles. The molecule has 0 amide bonds. The van der Waals surface area contributed by atoms with E-state index in [-0.39, 0.29) is 33.8 Å². The Morgan fingerprint density at radius 2 is 0.633 bits per heavy atom. The third-order valence-corrected chi connectivity index (χ3v) is 23.3. The fourth-order valence-corrected chi connectivity index (χ4v) is 17.1. The molecule has 4 nitrogen and oxygen atoms in total. The maximum Gasteiger partial charge on any atom is 0.252 e. The van der Waals surface area contributed by atoms with Gasteiger partial charge in [0.05, 0.1) is 16.7 Å². The summed E-state index contributed by atoms with van der Waals surface area (Å²) in [6, 6.07) is 114. The van der Waals surface area contributed by atoms with Crippen LogP contribution in [0.25, 0.3) is 116 Å². The minimum absolute atomic E-state index is 0.0499. The Bertz CT molecular complexity index is 6170. The van der Waals surface area contributed by atoms with Gasteiger partial charge in [-0.05, 0) is 224 Å². The molecule has 5 heteroatoms. The van der Waals surface area contributed by atoms with Gasteiger partial charge in [0.15, 0.2) is 0 Å². The first-order valence-corrected chi connectivity index (χ1v) is 39.0. The second kappa shape index (κ2) is 25.5. The number of hydrogen-bond acceptors (Lipinski definition) is 3. The summed E-state index contributed by atoms with van der Waals surface area (Å²) in [7, 11) is 0. The number of benzene rings is 14. The molecule has 0 unspecified atom stereocenters. The number of hydrogen-bond donors (Lipinski definition) is 0. The molecule has 2 aliphatic rings. The molecule has 0 saturated heterocycles. The monoisotopic (exact) mass is 1410 g/mol. The van der Waals surface area contributed by atoms with Crippen molar-refractivity contribution in [2.75, 3.05) is 9.80 Å². The third-order valence-electron chi connectivity index (χ3n) is 23.3. The maximum absolute atomic E-state index is 6.55. The lowest BCUT2D eigenvalue weighted by Gasteiger charge is -2.45. The highest BCUT2D eigenvalue weighted by atomic mass is 16.3. The molecule has 16 aromatic rings. The number of nitrogens with zero attached hydrogens (tertiary/aromatic N) is 3. The molecule has 0 N–H and O–H groups in total. The van der Waals surface area contributed by atoms with E-state index in [1.807, 2.05) is 0 Å². The van der Waals surface area contributed by atoms with E-state index in [0.717, 1.165) is 112 Å². The van der Waals surface area contributed by atoms with Gasteiger partial charge in [0.25, 0.3) is 6.71 Å². The fraction of sp³-hybridized carbons (Fsp3) is 0.192. The Kier molecular flexibility index (Phi) is 16.2. The Labute approximate surface area is 644 Å². The van der Waals surface area contributed by atoms with Crippen LogP contribution < -0.4 is 26.2 Å². The van der Waals surface area contributed by atoms with Gasteiger partial charge in [-0.3, -0.25) is 0 Å². The van der Waals surface area contributed by atoms with E-state index in [1.54, 1.807) is 0 Å². The summed E-state index contributed by atoms with van der Waals surface area (Å²) in [5.41, 5.74) is 35.7. The van der Waals surface area contributed by atoms with Crippen LogP contribution in [0.4, 0.5) is 34.1 Å². The molecule has 2 aliphatic heterocycles. The largest absolute Gasteiger partial charge is 0.456 e. The smallest absolute Gasteiger partial charge is 0.252 e. The number of anilines is 6. The summed E-state index contributed by atoms with van der Waals surface area (Å²) >= 11 is 0. The summed E-state index contributed by atoms with van der Waals surface area (Å²) in [4.78, 5) is 5.36. The van der Waals surface area contributed by atoms with Crippen molar-refractivity contribution >= 4 is 101 Å². The lowest BCUT2D eigenvalue weighted by Crippen LogP contribution is -2.61. The van der Waals surface area contributed by atoms with E-state index in [2.05, 4.69) is 415 Å². The molecule has 0 aliphatic carbocycles. The third kappa shape index (κ3) is 12.1. The molecule has 0 bridgehead atoms. The average molecular weight is 1410 g/mol. The molecule has 0 fully saturated rings. The van der Waals surface area contributed by atoms with Crippen LogP contribution in [-0.4, -0.2) is 11.3 Å². The maximum atomic E-state index is 6.55. The Hall–Kier alpha value is -11.7. The van der Waals surface area contributed by atoms with Crippen LogP contribution in [0.3, 0.4) is 0 Å². The SMILES string of the molecule is CC(C)(C)c1cc(-c2ccc(N3c4cc(-c5cc(C(C)(C)C)cc(C(C)(C)C)c5)ccc4B4c5ccc(-c6ccc7oc8ccccc8c7c6)cc5N(c5c(-c6ccccc6)cc(C(C)(C)C)cc5-c5ccccc5)c5cc(-c6ccc7c(c6)c6ccccc6n7-c6ccccc6)cc3c54)cc2)cc(C(C)(C)C)c1. The molecule has 14 aromatic carbocycles. The van der Waals surface area contributed by atoms with Gasteiger partial charge in [-0.2, -0.15) is 0 Å². The Morgan fingerprint density at radius 1 is 0.248 bits per heavy atom. The van der Waals surface area contributed by atoms with Crippen LogP contribution >= 0.6 is 0 Å². The van der Waals surface area contributed by atoms with Crippen LogP contribution in [0, 0.1) is 0 Å². The van der Waals surface area contributed by atoms with Crippen LogP contribution in [0.1, 0.15) is 132 Å². The zero-order valence-electron chi connectivity index (χ0n) is 65.6. The molecule has 534 valence electrons. The highest BCUT2D eigenvalue weighted by Crippen LogP contribution is 2.54. The molecule has 0 radical (unpaired) electrons. The lowest BCUT2D eigenvalue weighted by molar-refractivity contribution is 0.568. The van der Waals surface area contributed by atoms with Gasteiger partial charge in [0.1, 0.15) is 11.2 Å². The normalized spacial score (nSPS) is 13.2. The second-order valence-corrected chi connectivity index (χ2v) is 35.9. The molecular formula is C104H94BN3O. The first-order valence-electron chi connectivity index (χ1n) is 39.0. The molecule has 109 heavy (non-hydrogen) atoms. The van der Waals surface area contributed by atoms with E-state index in [9.17, 15) is 0 Å². The zero-order chi connectivity index (χ0) is 75.4. The zero-order valence-corrected chi connectivity index (χ0v) is 65.6. The predicted octanol–water partition coefficient (Wildman–Crippen LogP) is 27.3. The first kappa shape index (κ1) is 69.1. The molecule has 0 spiro atoms. The Morgan fingerprint density at radius 3 is 1.19 bits per heavy atom. The summed E-state index contributed by atoms with van der Waals surface area (Å²) in [5, 5.41) is 4.62. The summed E-state index contributed by atoms with van der Waals surface area (Å²) in [6.45, 7) is 35.0. The number of furan rings is 1. The van der Waals surface area contributed by atoms with E-state index in [1.165, 1.54) is 82.7 Å². The van der Waals surface area contributed by atoms with Crippen LogP contribution in [0.5, 0.6) is 0 Å². The fourth-order valence-electron chi connectivity index (χ4n) is 17.1. The molecule has 4 heterocycles. The van der Waals surface area contributed by atoms with Crippen LogP contribution in [0.2, 0.25) is 0 Å². The van der Waals surface area contributed by atoms with E-state index >= 15 is 0 Å². The topological polar surface area (TPSA) is 24.6 Å². The van der Waals surface area contributed by atoms with Crippen molar-refractivity contribution in [3.05, 3.63) is 325 Å². The predicted molar refractivity (Wildman–Crippen MR) is 468 cm³/mol. The minimum atomic E-state index is -0.221. The van der Waals surface area contributed by atoms with E-state index < -0.39 is 0 Å².